The molecule has 0 radical (unpaired) electrons. The summed E-state index contributed by atoms with van der Waals surface area (Å²) in [6, 6.07) is 16.1. The Kier molecular flexibility index (Phi) is 9.78. The number of fused-ring (bicyclic) bond motifs is 1. The first-order valence-corrected chi connectivity index (χ1v) is 17.2. The second kappa shape index (κ2) is 13.2. The molecule has 5 rings (SSSR count). The number of carbonyl (C=O) groups excluding carboxylic acids is 3. The molecule has 0 aromatic heterocycles. The topological polar surface area (TPSA) is 102 Å². The summed E-state index contributed by atoms with van der Waals surface area (Å²) in [6.07, 6.45) is 1.33. The first kappa shape index (κ1) is 31.9. The Morgan fingerprint density at radius 1 is 1.09 bits per heavy atom. The van der Waals surface area contributed by atoms with Gasteiger partial charge in [-0.05, 0) is 56.0 Å². The van der Waals surface area contributed by atoms with Crippen molar-refractivity contribution in [3.63, 3.8) is 0 Å². The van der Waals surface area contributed by atoms with Crippen molar-refractivity contribution in [1.82, 2.24) is 10.2 Å². The molecule has 232 valence electrons. The molecular weight excluding hydrogens is 628 g/mol. The number of nitrogens with zero attached hydrogens (tertiary/aromatic N) is 2. The van der Waals surface area contributed by atoms with Crippen molar-refractivity contribution >= 4 is 56.8 Å². The van der Waals surface area contributed by atoms with Crippen LogP contribution < -0.4 is 15.5 Å². The summed E-state index contributed by atoms with van der Waals surface area (Å²) >= 11 is 5.44. The number of carbonyl (C=O) groups is 3. The molecule has 3 unspecified atom stereocenters. The van der Waals surface area contributed by atoms with Crippen LogP contribution in [0.2, 0.25) is 0 Å². The Morgan fingerprint density at radius 2 is 1.77 bits per heavy atom. The van der Waals surface area contributed by atoms with Crippen LogP contribution in [0.5, 0.6) is 0 Å². The lowest BCUT2D eigenvalue weighted by molar-refractivity contribution is -0.143. The van der Waals surface area contributed by atoms with E-state index in [1.165, 1.54) is 0 Å². The second-order valence-electron chi connectivity index (χ2n) is 12.0. The summed E-state index contributed by atoms with van der Waals surface area (Å²) in [4.78, 5) is 46.5. The average molecular weight is 672 g/mol. The molecule has 2 aromatic rings. The van der Waals surface area contributed by atoms with Gasteiger partial charge in [0, 0.05) is 41.1 Å². The van der Waals surface area contributed by atoms with Crippen LogP contribution in [0.1, 0.15) is 46.1 Å². The van der Waals surface area contributed by atoms with Crippen molar-refractivity contribution in [3.05, 3.63) is 60.2 Å². The number of likely N-dealkylation sites (tertiary alicyclic amines) is 1. The van der Waals surface area contributed by atoms with E-state index in [0.717, 1.165) is 30.8 Å². The van der Waals surface area contributed by atoms with Crippen molar-refractivity contribution in [2.24, 2.45) is 17.8 Å². The molecule has 2 bridgehead atoms. The minimum Gasteiger partial charge on any atom is -0.394 e. The fourth-order valence-electron chi connectivity index (χ4n) is 7.30. The van der Waals surface area contributed by atoms with Gasteiger partial charge in [0.1, 0.15) is 6.04 Å². The van der Waals surface area contributed by atoms with Crippen molar-refractivity contribution < 1.29 is 19.5 Å². The highest BCUT2D eigenvalue weighted by Crippen LogP contribution is 2.68. The molecule has 8 atom stereocenters. The van der Waals surface area contributed by atoms with Crippen LogP contribution in [0.4, 0.5) is 11.4 Å². The molecule has 3 heterocycles. The third-order valence-electron chi connectivity index (χ3n) is 9.70. The predicted octanol–water partition coefficient (Wildman–Crippen LogP) is 4.66. The predicted molar refractivity (Wildman–Crippen MR) is 176 cm³/mol. The lowest BCUT2D eigenvalue weighted by Gasteiger charge is -2.39. The summed E-state index contributed by atoms with van der Waals surface area (Å²) in [7, 11) is 0. The minimum atomic E-state index is -0.819. The van der Waals surface area contributed by atoms with Crippen LogP contribution in [0.25, 0.3) is 0 Å². The number of anilines is 2. The number of aliphatic hydroxyl groups excluding tert-OH is 1. The van der Waals surface area contributed by atoms with Gasteiger partial charge in [-0.3, -0.25) is 14.4 Å². The normalized spacial score (nSPS) is 28.8. The molecule has 43 heavy (non-hydrogen) atoms. The molecule has 3 saturated heterocycles. The standard InChI is InChI=1S/C33H43BrN4O4S/c1-5-20(4)25(19-39)38-29(31(41)36-22-13-15-23(16-14-22)37(6-2)7-3)33-17-24(34)28(43-33)26(27(33)32(38)42)30(40)35-18-21-11-9-8-10-12-21/h8-16,20,24-29,39H,5-7,17-19H2,1-4H3,(H,35,40)(H,36,41)/t20-,24?,25-,26+,27-,28+,29?,33?/m0/s1. The van der Waals surface area contributed by atoms with Crippen LogP contribution in [0, 0.1) is 17.8 Å². The van der Waals surface area contributed by atoms with Crippen LogP contribution in [-0.2, 0) is 20.9 Å². The zero-order chi connectivity index (χ0) is 30.9. The van der Waals surface area contributed by atoms with Crippen LogP contribution >= 0.6 is 27.7 Å². The Labute approximate surface area is 267 Å². The van der Waals surface area contributed by atoms with Crippen molar-refractivity contribution in [1.29, 1.82) is 0 Å². The van der Waals surface area contributed by atoms with Crippen molar-refractivity contribution in [3.8, 4) is 0 Å². The maximum atomic E-state index is 14.5. The highest BCUT2D eigenvalue weighted by Gasteiger charge is 2.76. The second-order valence-corrected chi connectivity index (χ2v) is 14.7. The van der Waals surface area contributed by atoms with Crippen molar-refractivity contribution in [2.45, 2.75) is 74.0 Å². The van der Waals surface area contributed by atoms with E-state index in [4.69, 9.17) is 0 Å². The Balaban J connectivity index is 1.47. The monoisotopic (exact) mass is 670 g/mol. The Hall–Kier alpha value is -2.56. The summed E-state index contributed by atoms with van der Waals surface area (Å²) in [6.45, 7) is 10.1. The summed E-state index contributed by atoms with van der Waals surface area (Å²) < 4.78 is -0.781. The molecule has 0 saturated carbocycles. The van der Waals surface area contributed by atoms with Gasteiger partial charge in [0.25, 0.3) is 0 Å². The van der Waals surface area contributed by atoms with Gasteiger partial charge < -0.3 is 25.5 Å². The number of rotatable bonds is 12. The van der Waals surface area contributed by atoms with Gasteiger partial charge in [-0.25, -0.2) is 0 Å². The molecular formula is C33H43BrN4O4S. The number of benzene rings is 2. The highest BCUT2D eigenvalue weighted by molar-refractivity contribution is 9.09. The van der Waals surface area contributed by atoms with E-state index in [2.05, 4.69) is 45.3 Å². The number of hydrogen-bond acceptors (Lipinski definition) is 6. The summed E-state index contributed by atoms with van der Waals surface area (Å²) in [5, 5.41) is 16.6. The lowest BCUT2D eigenvalue weighted by Crippen LogP contribution is -2.56. The molecule has 3 aliphatic rings. The Bertz CT molecular complexity index is 1310. The average Bonchev–Trinajstić information content (AvgIpc) is 3.61. The SMILES string of the molecule is CC[C@H](C)[C@H](CO)N1C(=O)[C@@H]2[C@@H](C(=O)NCc3ccccc3)[C@@H]3SC2(CC3Br)C1C(=O)Nc1ccc(N(CC)CC)cc1. The number of nitrogens with one attached hydrogen (secondary N) is 2. The fraction of sp³-hybridized carbons (Fsp3) is 0.545. The minimum absolute atomic E-state index is 0.0196. The van der Waals surface area contributed by atoms with Gasteiger partial charge in [-0.2, -0.15) is 0 Å². The summed E-state index contributed by atoms with van der Waals surface area (Å²) in [5.41, 5.74) is 2.72. The third kappa shape index (κ3) is 5.71. The van der Waals surface area contributed by atoms with Gasteiger partial charge in [-0.15, -0.1) is 11.8 Å². The van der Waals surface area contributed by atoms with Gasteiger partial charge in [-0.1, -0.05) is 66.5 Å². The maximum absolute atomic E-state index is 14.5. The zero-order valence-corrected chi connectivity index (χ0v) is 27.7. The van der Waals surface area contributed by atoms with Crippen LogP contribution in [0.15, 0.2) is 54.6 Å². The van der Waals surface area contributed by atoms with E-state index in [0.29, 0.717) is 18.7 Å². The number of hydrogen-bond donors (Lipinski definition) is 3. The third-order valence-corrected chi connectivity index (χ3v) is 12.9. The number of thioether (sulfide) groups is 1. The molecule has 3 fully saturated rings. The molecule has 3 N–H and O–H groups in total. The molecule has 3 amide bonds. The van der Waals surface area contributed by atoms with Gasteiger partial charge in [0.2, 0.25) is 17.7 Å². The zero-order valence-electron chi connectivity index (χ0n) is 25.3. The van der Waals surface area contributed by atoms with Crippen molar-refractivity contribution in [2.75, 3.05) is 29.9 Å². The molecule has 0 aliphatic carbocycles. The molecule has 8 nitrogen and oxygen atoms in total. The smallest absolute Gasteiger partial charge is 0.248 e. The fourth-order valence-corrected chi connectivity index (χ4v) is 10.9. The quantitative estimate of drug-likeness (QED) is 0.284. The highest BCUT2D eigenvalue weighted by atomic mass is 79.9. The van der Waals surface area contributed by atoms with E-state index in [1.807, 2.05) is 68.4 Å². The molecule has 3 aliphatic heterocycles. The molecule has 10 heteroatoms. The van der Waals surface area contributed by atoms with E-state index in [9.17, 15) is 19.5 Å². The largest absolute Gasteiger partial charge is 0.394 e. The molecule has 2 aromatic carbocycles. The Morgan fingerprint density at radius 3 is 2.37 bits per heavy atom. The maximum Gasteiger partial charge on any atom is 0.248 e. The van der Waals surface area contributed by atoms with E-state index in [-0.39, 0.29) is 40.3 Å². The first-order chi connectivity index (χ1) is 20.7. The first-order valence-electron chi connectivity index (χ1n) is 15.4. The van der Waals surface area contributed by atoms with Gasteiger partial charge >= 0.3 is 0 Å². The van der Waals surface area contributed by atoms with E-state index < -0.39 is 28.7 Å². The van der Waals surface area contributed by atoms with Crippen LogP contribution in [-0.4, -0.2) is 74.3 Å². The number of amides is 3. The number of alkyl halides is 1. The van der Waals surface area contributed by atoms with Gasteiger partial charge in [0.05, 0.1) is 29.2 Å². The number of aliphatic hydroxyl groups is 1. The summed E-state index contributed by atoms with van der Waals surface area (Å²) in [5.74, 6) is -1.89. The lowest BCUT2D eigenvalue weighted by atomic mass is 9.70. The molecule has 1 spiro atoms. The van der Waals surface area contributed by atoms with Gasteiger partial charge in [0.15, 0.2) is 0 Å². The van der Waals surface area contributed by atoms with Crippen LogP contribution in [0.3, 0.4) is 0 Å². The van der Waals surface area contributed by atoms with E-state index in [1.54, 1.807) is 16.7 Å². The number of halogens is 1. The van der Waals surface area contributed by atoms with E-state index >= 15 is 0 Å².